The first-order chi connectivity index (χ1) is 16.2. The Morgan fingerprint density at radius 2 is 1.91 bits per heavy atom. The van der Waals surface area contributed by atoms with Crippen LogP contribution in [-0.2, 0) is 28.7 Å². The van der Waals surface area contributed by atoms with Gasteiger partial charge in [-0.05, 0) is 42.6 Å². The van der Waals surface area contributed by atoms with Crippen molar-refractivity contribution in [2.45, 2.75) is 58.0 Å². The number of fused-ring (bicyclic) bond motifs is 4. The number of para-hydroxylation sites is 1. The number of carbonyl (C=O) groups is 4. The summed E-state index contributed by atoms with van der Waals surface area (Å²) in [5.74, 6) is -2.62. The minimum atomic E-state index is -0.997. The van der Waals surface area contributed by atoms with Gasteiger partial charge in [-0.1, -0.05) is 25.1 Å². The molecule has 0 aliphatic heterocycles. The summed E-state index contributed by atoms with van der Waals surface area (Å²) >= 11 is 0. The van der Waals surface area contributed by atoms with Gasteiger partial charge in [-0.2, -0.15) is 0 Å². The second-order valence-electron chi connectivity index (χ2n) is 10.4. The fourth-order valence-corrected chi connectivity index (χ4v) is 7.16. The fraction of sp³-hybridized carbons (Fsp3) is 0.556. The molecule has 0 saturated heterocycles. The van der Waals surface area contributed by atoms with Gasteiger partial charge in [0, 0.05) is 42.6 Å². The van der Waals surface area contributed by atoms with Crippen molar-refractivity contribution >= 4 is 34.5 Å². The Labute approximate surface area is 198 Å². The lowest BCUT2D eigenvalue weighted by molar-refractivity contribution is -0.183. The number of carbonyl (C=O) groups excluding carboxylic acids is 4. The largest absolute Gasteiger partial charge is 0.469 e. The highest BCUT2D eigenvalue weighted by Gasteiger charge is 2.62. The van der Waals surface area contributed by atoms with E-state index in [1.165, 1.54) is 14.0 Å². The maximum atomic E-state index is 13.8. The molecular weight excluding hydrogens is 436 g/mol. The van der Waals surface area contributed by atoms with Crippen LogP contribution in [0.1, 0.15) is 57.4 Å². The number of hydrogen-bond acceptors (Lipinski definition) is 7. The molecular formula is C27H30O7. The Hall–Kier alpha value is -2.96. The van der Waals surface area contributed by atoms with Crippen LogP contribution < -0.4 is 0 Å². The predicted molar refractivity (Wildman–Crippen MR) is 122 cm³/mol. The Kier molecular flexibility index (Phi) is 5.61. The monoisotopic (exact) mass is 466 g/mol. The van der Waals surface area contributed by atoms with E-state index in [2.05, 4.69) is 0 Å². The highest BCUT2D eigenvalue weighted by Crippen LogP contribution is 2.60. The van der Waals surface area contributed by atoms with E-state index >= 15 is 0 Å². The molecule has 34 heavy (non-hydrogen) atoms. The van der Waals surface area contributed by atoms with E-state index in [-0.39, 0.29) is 35.7 Å². The predicted octanol–water partition coefficient (Wildman–Crippen LogP) is 4.22. The molecule has 3 fully saturated rings. The number of hydrogen-bond donors (Lipinski definition) is 0. The lowest BCUT2D eigenvalue weighted by atomic mass is 9.46. The SMILES string of the molecule is COC(=O)[C@@H]1C[C@H](OC(C)=O)C(=O)[C@@H]2[C@H]3C[C@@H](c4coc5ccccc45)CC(=O)[C@@H]3CC[C@]21C. The first kappa shape index (κ1) is 22.8. The molecule has 180 valence electrons. The Bertz CT molecular complexity index is 1160. The molecule has 1 aromatic heterocycles. The van der Waals surface area contributed by atoms with Gasteiger partial charge < -0.3 is 13.9 Å². The van der Waals surface area contributed by atoms with Crippen LogP contribution in [0.5, 0.6) is 0 Å². The zero-order valence-electron chi connectivity index (χ0n) is 19.7. The van der Waals surface area contributed by atoms with Gasteiger partial charge in [0.2, 0.25) is 0 Å². The third-order valence-corrected chi connectivity index (χ3v) is 8.68. The van der Waals surface area contributed by atoms with Crippen molar-refractivity contribution in [1.29, 1.82) is 0 Å². The summed E-state index contributed by atoms with van der Waals surface area (Å²) in [6.07, 6.45) is 3.15. The van der Waals surface area contributed by atoms with E-state index in [4.69, 9.17) is 13.9 Å². The highest BCUT2D eigenvalue weighted by atomic mass is 16.5. The molecule has 3 aliphatic rings. The van der Waals surface area contributed by atoms with Crippen molar-refractivity contribution in [3.05, 3.63) is 36.1 Å². The molecule has 0 N–H and O–H groups in total. The molecule has 1 heterocycles. The van der Waals surface area contributed by atoms with Gasteiger partial charge in [0.25, 0.3) is 0 Å². The minimum absolute atomic E-state index is 0.0711. The molecule has 0 amide bonds. The fourth-order valence-electron chi connectivity index (χ4n) is 7.16. The third kappa shape index (κ3) is 3.48. The van der Waals surface area contributed by atoms with Gasteiger partial charge in [0.05, 0.1) is 19.3 Å². The van der Waals surface area contributed by atoms with E-state index in [1.54, 1.807) is 6.26 Å². The molecule has 2 aromatic rings. The maximum Gasteiger partial charge on any atom is 0.309 e. The highest BCUT2D eigenvalue weighted by molar-refractivity contribution is 5.93. The van der Waals surface area contributed by atoms with Crippen molar-refractivity contribution in [1.82, 2.24) is 0 Å². The van der Waals surface area contributed by atoms with E-state index < -0.39 is 35.3 Å². The average molecular weight is 467 g/mol. The number of benzene rings is 1. The molecule has 3 saturated carbocycles. The molecule has 0 radical (unpaired) electrons. The topological polar surface area (TPSA) is 99.9 Å². The van der Waals surface area contributed by atoms with Crippen molar-refractivity contribution < 1.29 is 33.1 Å². The standard InChI is InChI=1S/C27H30O7/c1-14(28)34-23-12-20(26(31)32-3)27(2)9-8-16-18(24(27)25(23)30)10-15(11-21(16)29)19-13-33-22-7-5-4-6-17(19)22/h4-7,13,15-16,18,20,23-24H,8-12H2,1-3H3/t15-,16-,18+,20+,23+,24+,27+/m1/s1. The lowest BCUT2D eigenvalue weighted by Gasteiger charge is -2.56. The van der Waals surface area contributed by atoms with Crippen LogP contribution in [0.15, 0.2) is 34.9 Å². The first-order valence-electron chi connectivity index (χ1n) is 12.0. The van der Waals surface area contributed by atoms with E-state index in [1.807, 2.05) is 31.2 Å². The summed E-state index contributed by atoms with van der Waals surface area (Å²) in [6.45, 7) is 3.24. The number of Topliss-reactive ketones (excluding diaryl/α,β-unsaturated/α-hetero) is 2. The minimum Gasteiger partial charge on any atom is -0.469 e. The molecule has 0 unspecified atom stereocenters. The van der Waals surface area contributed by atoms with Crippen molar-refractivity contribution in [2.75, 3.05) is 7.11 Å². The van der Waals surface area contributed by atoms with Gasteiger partial charge >= 0.3 is 11.9 Å². The number of rotatable bonds is 3. The zero-order chi connectivity index (χ0) is 24.2. The number of methoxy groups -OCH3 is 1. The second kappa shape index (κ2) is 8.36. The summed E-state index contributed by atoms with van der Waals surface area (Å²) in [5, 5.41) is 0.984. The first-order valence-corrected chi connectivity index (χ1v) is 12.0. The van der Waals surface area contributed by atoms with Crippen molar-refractivity contribution in [3.8, 4) is 0 Å². The van der Waals surface area contributed by atoms with Crippen LogP contribution in [0.4, 0.5) is 0 Å². The molecule has 5 rings (SSSR count). The normalized spacial score (nSPS) is 35.4. The van der Waals surface area contributed by atoms with Crippen molar-refractivity contribution in [3.63, 3.8) is 0 Å². The average Bonchev–Trinajstić information content (AvgIpc) is 3.24. The third-order valence-electron chi connectivity index (χ3n) is 8.68. The molecule has 7 atom stereocenters. The Morgan fingerprint density at radius 1 is 1.15 bits per heavy atom. The van der Waals surface area contributed by atoms with E-state index in [0.717, 1.165) is 16.5 Å². The molecule has 0 bridgehead atoms. The lowest BCUT2D eigenvalue weighted by Crippen LogP contribution is -2.60. The van der Waals surface area contributed by atoms with Crippen molar-refractivity contribution in [2.24, 2.45) is 29.1 Å². The van der Waals surface area contributed by atoms with Crippen LogP contribution >= 0.6 is 0 Å². The van der Waals surface area contributed by atoms with Crippen LogP contribution in [0, 0.1) is 29.1 Å². The quantitative estimate of drug-likeness (QED) is 0.624. The summed E-state index contributed by atoms with van der Waals surface area (Å²) in [4.78, 5) is 51.7. The number of ether oxygens (including phenoxy) is 2. The molecule has 3 aliphatic carbocycles. The maximum absolute atomic E-state index is 13.8. The molecule has 7 nitrogen and oxygen atoms in total. The van der Waals surface area contributed by atoms with E-state index in [0.29, 0.717) is 25.7 Å². The Balaban J connectivity index is 1.55. The summed E-state index contributed by atoms with van der Waals surface area (Å²) in [5.41, 5.74) is 1.11. The number of ketones is 2. The van der Waals surface area contributed by atoms with Crippen LogP contribution in [0.2, 0.25) is 0 Å². The zero-order valence-corrected chi connectivity index (χ0v) is 19.7. The van der Waals surface area contributed by atoms with Crippen LogP contribution in [0.25, 0.3) is 11.0 Å². The Morgan fingerprint density at radius 3 is 2.65 bits per heavy atom. The van der Waals surface area contributed by atoms with Gasteiger partial charge in [0.1, 0.15) is 11.4 Å². The van der Waals surface area contributed by atoms with E-state index in [9.17, 15) is 19.2 Å². The summed E-state index contributed by atoms with van der Waals surface area (Å²) in [7, 11) is 1.34. The summed E-state index contributed by atoms with van der Waals surface area (Å²) < 4.78 is 16.2. The summed E-state index contributed by atoms with van der Waals surface area (Å²) in [6, 6.07) is 7.75. The number of furan rings is 1. The van der Waals surface area contributed by atoms with Gasteiger partial charge in [-0.15, -0.1) is 0 Å². The molecule has 0 spiro atoms. The van der Waals surface area contributed by atoms with Gasteiger partial charge in [0.15, 0.2) is 11.9 Å². The second-order valence-corrected chi connectivity index (χ2v) is 10.4. The van der Waals surface area contributed by atoms with Gasteiger partial charge in [-0.25, -0.2) is 0 Å². The molecule has 7 heteroatoms. The smallest absolute Gasteiger partial charge is 0.309 e. The molecule has 1 aromatic carbocycles. The van der Waals surface area contributed by atoms with Crippen LogP contribution in [0.3, 0.4) is 0 Å². The van der Waals surface area contributed by atoms with Gasteiger partial charge in [-0.3, -0.25) is 19.2 Å². The van der Waals surface area contributed by atoms with Crippen LogP contribution in [-0.4, -0.2) is 36.7 Å². The number of esters is 2.